The summed E-state index contributed by atoms with van der Waals surface area (Å²) in [6.45, 7) is 0. The summed E-state index contributed by atoms with van der Waals surface area (Å²) in [4.78, 5) is 0. The minimum atomic E-state index is 0.649. The fraction of sp³-hybridized carbons (Fsp3) is 0.100. The molecule has 4 aromatic rings. The van der Waals surface area contributed by atoms with Crippen molar-refractivity contribution in [3.8, 4) is 23.0 Å². The molecule has 5 nitrogen and oxygen atoms in total. The number of nitrogens with zero attached hydrogens (tertiary/aromatic N) is 3. The van der Waals surface area contributed by atoms with Gasteiger partial charge in [-0.2, -0.15) is 0 Å². The molecular formula is C20H16ClN3O2S. The molecule has 0 saturated heterocycles. The average molecular weight is 398 g/mol. The molecule has 0 radical (unpaired) electrons. The number of hydrogen-bond donors (Lipinski definition) is 0. The van der Waals surface area contributed by atoms with Crippen LogP contribution >= 0.6 is 23.4 Å². The van der Waals surface area contributed by atoms with Gasteiger partial charge in [-0.05, 0) is 54.1 Å². The smallest absolute Gasteiger partial charge is 0.205 e. The topological polar surface area (TPSA) is 53.1 Å². The molecule has 2 aromatic carbocycles. The largest absolute Gasteiger partial charge is 0.497 e. The molecule has 0 aliphatic heterocycles. The van der Waals surface area contributed by atoms with E-state index in [2.05, 4.69) is 16.3 Å². The number of furan rings is 1. The van der Waals surface area contributed by atoms with E-state index in [9.17, 15) is 0 Å². The van der Waals surface area contributed by atoms with Crippen LogP contribution in [0.15, 0.2) is 76.5 Å². The van der Waals surface area contributed by atoms with Gasteiger partial charge in [0.1, 0.15) is 5.75 Å². The van der Waals surface area contributed by atoms with Crippen LogP contribution in [0.1, 0.15) is 5.56 Å². The molecule has 2 heterocycles. The Balaban J connectivity index is 1.68. The number of hydrogen-bond acceptors (Lipinski definition) is 5. The van der Waals surface area contributed by atoms with Crippen molar-refractivity contribution in [1.82, 2.24) is 14.8 Å². The highest BCUT2D eigenvalue weighted by molar-refractivity contribution is 7.98. The zero-order chi connectivity index (χ0) is 18.6. The first kappa shape index (κ1) is 17.7. The van der Waals surface area contributed by atoms with Gasteiger partial charge in [0.05, 0.1) is 13.4 Å². The van der Waals surface area contributed by atoms with E-state index in [1.807, 2.05) is 59.2 Å². The second-order valence-electron chi connectivity index (χ2n) is 5.74. The van der Waals surface area contributed by atoms with Crippen LogP contribution in [0, 0.1) is 0 Å². The summed E-state index contributed by atoms with van der Waals surface area (Å²) < 4.78 is 12.8. The van der Waals surface area contributed by atoms with Gasteiger partial charge in [-0.1, -0.05) is 35.5 Å². The second-order valence-corrected chi connectivity index (χ2v) is 7.11. The number of aromatic nitrogens is 3. The predicted molar refractivity (Wildman–Crippen MR) is 107 cm³/mol. The Labute approximate surface area is 165 Å². The summed E-state index contributed by atoms with van der Waals surface area (Å²) in [6, 6.07) is 19.3. The molecule has 0 N–H and O–H groups in total. The Kier molecular flexibility index (Phi) is 5.18. The van der Waals surface area contributed by atoms with Gasteiger partial charge in [0.15, 0.2) is 10.9 Å². The van der Waals surface area contributed by atoms with Gasteiger partial charge in [-0.15, -0.1) is 10.2 Å². The summed E-state index contributed by atoms with van der Waals surface area (Å²) in [5.41, 5.74) is 2.06. The third-order valence-corrected chi connectivity index (χ3v) is 5.21. The van der Waals surface area contributed by atoms with Crippen LogP contribution in [-0.2, 0) is 5.75 Å². The maximum Gasteiger partial charge on any atom is 0.205 e. The van der Waals surface area contributed by atoms with Gasteiger partial charge in [0.25, 0.3) is 0 Å². The van der Waals surface area contributed by atoms with E-state index in [1.54, 1.807) is 25.1 Å². The van der Waals surface area contributed by atoms with Gasteiger partial charge in [0.2, 0.25) is 5.82 Å². The molecule has 0 bridgehead atoms. The summed E-state index contributed by atoms with van der Waals surface area (Å²) in [5, 5.41) is 10.2. The van der Waals surface area contributed by atoms with Crippen molar-refractivity contribution in [3.63, 3.8) is 0 Å². The monoisotopic (exact) mass is 397 g/mol. The van der Waals surface area contributed by atoms with E-state index in [-0.39, 0.29) is 0 Å². The predicted octanol–water partition coefficient (Wildman–Crippen LogP) is 5.48. The summed E-state index contributed by atoms with van der Waals surface area (Å²) in [5.74, 6) is 2.88. The van der Waals surface area contributed by atoms with Gasteiger partial charge >= 0.3 is 0 Å². The molecule has 2 aromatic heterocycles. The lowest BCUT2D eigenvalue weighted by molar-refractivity contribution is 0.414. The van der Waals surface area contributed by atoms with Crippen LogP contribution in [-0.4, -0.2) is 21.9 Å². The number of methoxy groups -OCH3 is 1. The van der Waals surface area contributed by atoms with E-state index >= 15 is 0 Å². The average Bonchev–Trinajstić information content (AvgIpc) is 3.37. The molecular weight excluding hydrogens is 382 g/mol. The molecule has 0 aliphatic carbocycles. The molecule has 0 aliphatic rings. The first-order valence-corrected chi connectivity index (χ1v) is 9.62. The maximum atomic E-state index is 6.05. The van der Waals surface area contributed by atoms with Crippen molar-refractivity contribution < 1.29 is 9.15 Å². The van der Waals surface area contributed by atoms with Crippen LogP contribution in [0.5, 0.6) is 5.75 Å². The van der Waals surface area contributed by atoms with E-state index in [0.717, 1.165) is 27.9 Å². The molecule has 0 fully saturated rings. The van der Waals surface area contributed by atoms with E-state index < -0.39 is 0 Å². The summed E-state index contributed by atoms with van der Waals surface area (Å²) in [6.07, 6.45) is 1.62. The Bertz CT molecular complexity index is 1030. The summed E-state index contributed by atoms with van der Waals surface area (Å²) in [7, 11) is 1.67. The van der Waals surface area contributed by atoms with Gasteiger partial charge < -0.3 is 9.15 Å². The third kappa shape index (κ3) is 3.86. The molecule has 0 unspecified atom stereocenters. The standard InChI is InChI=1S/C20H16ClN3O2S/c1-25-17-5-2-4-14(12-17)13-27-20-23-22-19(18-6-3-11-26-18)24(20)16-9-7-15(21)8-10-16/h2-12H,13H2,1H3. The highest BCUT2D eigenvalue weighted by atomic mass is 35.5. The van der Waals surface area contributed by atoms with Crippen molar-refractivity contribution in [2.45, 2.75) is 10.9 Å². The van der Waals surface area contributed by atoms with Crippen molar-refractivity contribution in [2.24, 2.45) is 0 Å². The van der Waals surface area contributed by atoms with E-state index in [1.165, 1.54) is 0 Å². The van der Waals surface area contributed by atoms with E-state index in [0.29, 0.717) is 16.6 Å². The number of thioether (sulfide) groups is 1. The molecule has 0 amide bonds. The maximum absolute atomic E-state index is 6.05. The number of benzene rings is 2. The zero-order valence-electron chi connectivity index (χ0n) is 14.5. The van der Waals surface area contributed by atoms with Gasteiger partial charge in [-0.25, -0.2) is 0 Å². The van der Waals surface area contributed by atoms with Crippen LogP contribution in [0.25, 0.3) is 17.3 Å². The lowest BCUT2D eigenvalue weighted by atomic mass is 10.2. The third-order valence-electron chi connectivity index (χ3n) is 3.96. The van der Waals surface area contributed by atoms with Crippen LogP contribution in [0.4, 0.5) is 0 Å². The SMILES string of the molecule is COc1cccc(CSc2nnc(-c3ccco3)n2-c2ccc(Cl)cc2)c1. The minimum absolute atomic E-state index is 0.649. The van der Waals surface area contributed by atoms with Crippen molar-refractivity contribution in [1.29, 1.82) is 0 Å². The quantitative estimate of drug-likeness (QED) is 0.403. The van der Waals surface area contributed by atoms with Crippen molar-refractivity contribution >= 4 is 23.4 Å². The Morgan fingerprint density at radius 3 is 2.67 bits per heavy atom. The lowest BCUT2D eigenvalue weighted by Crippen LogP contribution is -1.99. The highest BCUT2D eigenvalue weighted by Gasteiger charge is 2.18. The fourth-order valence-corrected chi connectivity index (χ4v) is 3.68. The summed E-state index contributed by atoms with van der Waals surface area (Å²) >= 11 is 7.64. The Hall–Kier alpha value is -2.70. The second kappa shape index (κ2) is 7.90. The van der Waals surface area contributed by atoms with Gasteiger partial charge in [-0.3, -0.25) is 4.57 Å². The van der Waals surface area contributed by atoms with Crippen LogP contribution < -0.4 is 4.74 Å². The molecule has 0 saturated carbocycles. The van der Waals surface area contributed by atoms with Crippen molar-refractivity contribution in [2.75, 3.05) is 7.11 Å². The van der Waals surface area contributed by atoms with Crippen LogP contribution in [0.2, 0.25) is 5.02 Å². The van der Waals surface area contributed by atoms with E-state index in [4.69, 9.17) is 20.8 Å². The first-order chi connectivity index (χ1) is 13.2. The molecule has 0 spiro atoms. The first-order valence-electron chi connectivity index (χ1n) is 8.25. The minimum Gasteiger partial charge on any atom is -0.497 e. The lowest BCUT2D eigenvalue weighted by Gasteiger charge is -2.09. The Morgan fingerprint density at radius 2 is 1.93 bits per heavy atom. The normalized spacial score (nSPS) is 10.9. The van der Waals surface area contributed by atoms with Gasteiger partial charge in [0, 0.05) is 16.5 Å². The fourth-order valence-electron chi connectivity index (χ4n) is 2.66. The van der Waals surface area contributed by atoms with Crippen LogP contribution in [0.3, 0.4) is 0 Å². The zero-order valence-corrected chi connectivity index (χ0v) is 16.1. The Morgan fingerprint density at radius 1 is 1.07 bits per heavy atom. The van der Waals surface area contributed by atoms with Crippen molar-refractivity contribution in [3.05, 3.63) is 77.5 Å². The molecule has 0 atom stereocenters. The molecule has 7 heteroatoms. The number of halogens is 1. The molecule has 136 valence electrons. The number of ether oxygens (including phenoxy) is 1. The molecule has 4 rings (SSSR count). The number of rotatable bonds is 6. The molecule has 27 heavy (non-hydrogen) atoms. The highest BCUT2D eigenvalue weighted by Crippen LogP contribution is 2.31.